The van der Waals surface area contributed by atoms with Gasteiger partial charge in [-0.05, 0) is 48.5 Å². The molecule has 10 heteroatoms. The molecule has 3 N–H and O–H groups in total. The maximum atomic E-state index is 12.9. The summed E-state index contributed by atoms with van der Waals surface area (Å²) in [4.78, 5) is 4.08. The number of alkyl halides is 4. The van der Waals surface area contributed by atoms with Crippen LogP contribution < -0.4 is 15.4 Å². The van der Waals surface area contributed by atoms with Crippen LogP contribution in [0.3, 0.4) is 0 Å². The number of aromatic nitrogens is 1. The van der Waals surface area contributed by atoms with Gasteiger partial charge >= 0.3 is 6.18 Å². The zero-order chi connectivity index (χ0) is 21.7. The van der Waals surface area contributed by atoms with Gasteiger partial charge in [0.25, 0.3) is 0 Å². The lowest BCUT2D eigenvalue weighted by Gasteiger charge is -2.18. The van der Waals surface area contributed by atoms with Crippen LogP contribution in [0.1, 0.15) is 11.3 Å². The zero-order valence-corrected chi connectivity index (χ0v) is 16.8. The van der Waals surface area contributed by atoms with Gasteiger partial charge in [-0.25, -0.2) is 0 Å². The quantitative estimate of drug-likeness (QED) is 0.296. The zero-order valence-electron chi connectivity index (χ0n) is 15.3. The number of hydrogen-bond acceptors (Lipinski definition) is 5. The molecule has 3 aromatic rings. The number of nitrogens with zero attached hydrogens (tertiary/aromatic N) is 1. The molecule has 0 radical (unpaired) electrons. The number of ether oxygens (including phenoxy) is 1. The predicted molar refractivity (Wildman–Crippen MR) is 110 cm³/mol. The highest BCUT2D eigenvalue weighted by molar-refractivity contribution is 6.31. The minimum atomic E-state index is -4.59. The summed E-state index contributed by atoms with van der Waals surface area (Å²) in [7, 11) is 0. The van der Waals surface area contributed by atoms with Crippen LogP contribution in [0.5, 0.6) is 11.5 Å². The Hall–Kier alpha value is -2.68. The van der Waals surface area contributed by atoms with Gasteiger partial charge in [-0.2, -0.15) is 13.2 Å². The SMILES string of the molecule is OC(Nc1ccc(Oc2ccnc(CCl)c2)cc1)Nc1ccc(Cl)c(C(F)(F)F)c1. The molecule has 0 fully saturated rings. The summed E-state index contributed by atoms with van der Waals surface area (Å²) in [5.41, 5.74) is 0.261. The van der Waals surface area contributed by atoms with Crippen LogP contribution in [0.25, 0.3) is 0 Å². The molecule has 0 aliphatic heterocycles. The first kappa shape index (κ1) is 22.0. The number of aliphatic hydroxyl groups excluding tert-OH is 1. The molecular weight excluding hydrogens is 442 g/mol. The Morgan fingerprint density at radius 2 is 1.63 bits per heavy atom. The Balaban J connectivity index is 1.61. The van der Waals surface area contributed by atoms with E-state index < -0.39 is 23.1 Å². The maximum Gasteiger partial charge on any atom is 0.417 e. The molecule has 0 aliphatic rings. The molecule has 30 heavy (non-hydrogen) atoms. The van der Waals surface area contributed by atoms with Gasteiger partial charge in [-0.3, -0.25) is 4.98 Å². The smallest absolute Gasteiger partial charge is 0.417 e. The monoisotopic (exact) mass is 457 g/mol. The van der Waals surface area contributed by atoms with Crippen LogP contribution in [0.4, 0.5) is 24.5 Å². The Bertz CT molecular complexity index is 1000. The third-order valence-corrected chi connectivity index (χ3v) is 4.50. The first-order chi connectivity index (χ1) is 14.2. The van der Waals surface area contributed by atoms with Crippen LogP contribution in [0.2, 0.25) is 5.02 Å². The van der Waals surface area contributed by atoms with Gasteiger partial charge < -0.3 is 20.5 Å². The second kappa shape index (κ2) is 9.42. The largest absolute Gasteiger partial charge is 0.457 e. The number of halogens is 5. The van der Waals surface area contributed by atoms with E-state index in [1.807, 2.05) is 0 Å². The molecule has 0 saturated carbocycles. The highest BCUT2D eigenvalue weighted by Crippen LogP contribution is 2.36. The normalized spacial score (nSPS) is 12.3. The van der Waals surface area contributed by atoms with Gasteiger partial charge in [0.15, 0.2) is 0 Å². The van der Waals surface area contributed by atoms with Crippen LogP contribution in [0, 0.1) is 0 Å². The van der Waals surface area contributed by atoms with Crippen molar-refractivity contribution in [2.24, 2.45) is 0 Å². The van der Waals surface area contributed by atoms with Crippen molar-refractivity contribution in [2.45, 2.75) is 18.4 Å². The summed E-state index contributed by atoms with van der Waals surface area (Å²) < 4.78 is 44.5. The number of benzene rings is 2. The van der Waals surface area contributed by atoms with E-state index in [2.05, 4.69) is 15.6 Å². The van der Waals surface area contributed by atoms with Gasteiger partial charge in [0, 0.05) is 23.6 Å². The average molecular weight is 458 g/mol. The van der Waals surface area contributed by atoms with Crippen molar-refractivity contribution in [3.8, 4) is 11.5 Å². The fourth-order valence-corrected chi connectivity index (χ4v) is 2.90. The summed E-state index contributed by atoms with van der Waals surface area (Å²) in [5.74, 6) is 1.39. The fourth-order valence-electron chi connectivity index (χ4n) is 2.53. The van der Waals surface area contributed by atoms with Crippen molar-refractivity contribution < 1.29 is 23.0 Å². The van der Waals surface area contributed by atoms with Crippen LogP contribution in [-0.2, 0) is 12.1 Å². The van der Waals surface area contributed by atoms with Gasteiger partial charge in [-0.15, -0.1) is 11.6 Å². The van der Waals surface area contributed by atoms with E-state index >= 15 is 0 Å². The lowest BCUT2D eigenvalue weighted by Crippen LogP contribution is -2.28. The van der Waals surface area contributed by atoms with E-state index in [0.717, 1.165) is 12.1 Å². The molecule has 0 aliphatic carbocycles. The molecule has 1 atom stereocenters. The molecule has 1 unspecified atom stereocenters. The molecule has 3 rings (SSSR count). The van der Waals surface area contributed by atoms with E-state index in [-0.39, 0.29) is 11.6 Å². The molecule has 158 valence electrons. The lowest BCUT2D eigenvalue weighted by molar-refractivity contribution is -0.137. The Labute approximate surface area is 180 Å². The lowest BCUT2D eigenvalue weighted by atomic mass is 10.2. The molecule has 0 amide bonds. The molecule has 1 aromatic heterocycles. The fraction of sp³-hybridized carbons (Fsp3) is 0.150. The van der Waals surface area contributed by atoms with E-state index in [0.29, 0.717) is 22.9 Å². The minimum Gasteiger partial charge on any atom is -0.457 e. The summed E-state index contributed by atoms with van der Waals surface area (Å²) >= 11 is 11.3. The van der Waals surface area contributed by atoms with Crippen molar-refractivity contribution in [1.29, 1.82) is 0 Å². The number of aliphatic hydroxyl groups is 1. The Morgan fingerprint density at radius 3 is 2.30 bits per heavy atom. The van der Waals surface area contributed by atoms with Gasteiger partial charge in [-0.1, -0.05) is 11.6 Å². The Kier molecular flexibility index (Phi) is 6.91. The van der Waals surface area contributed by atoms with E-state index in [4.69, 9.17) is 27.9 Å². The van der Waals surface area contributed by atoms with Gasteiger partial charge in [0.05, 0.1) is 22.2 Å². The van der Waals surface area contributed by atoms with E-state index in [1.54, 1.807) is 42.6 Å². The topological polar surface area (TPSA) is 66.4 Å². The second-order valence-electron chi connectivity index (χ2n) is 6.13. The van der Waals surface area contributed by atoms with Gasteiger partial charge in [0.1, 0.15) is 11.5 Å². The third-order valence-electron chi connectivity index (χ3n) is 3.89. The van der Waals surface area contributed by atoms with Crippen LogP contribution in [0.15, 0.2) is 60.8 Å². The number of rotatable bonds is 7. The molecule has 0 spiro atoms. The van der Waals surface area contributed by atoms with E-state index in [1.165, 1.54) is 6.07 Å². The molecule has 0 saturated heterocycles. The number of hydrogen-bond donors (Lipinski definition) is 3. The molecule has 1 heterocycles. The average Bonchev–Trinajstić information content (AvgIpc) is 2.70. The molecule has 5 nitrogen and oxygen atoms in total. The minimum absolute atomic E-state index is 0.0551. The van der Waals surface area contributed by atoms with Crippen molar-refractivity contribution in [3.05, 3.63) is 77.1 Å². The third kappa shape index (κ3) is 5.91. The maximum absolute atomic E-state index is 12.9. The van der Waals surface area contributed by atoms with Crippen molar-refractivity contribution >= 4 is 34.6 Å². The second-order valence-corrected chi connectivity index (χ2v) is 6.80. The first-order valence-electron chi connectivity index (χ1n) is 8.61. The highest BCUT2D eigenvalue weighted by atomic mass is 35.5. The van der Waals surface area contributed by atoms with Crippen molar-refractivity contribution in [2.75, 3.05) is 10.6 Å². The Morgan fingerprint density at radius 1 is 0.967 bits per heavy atom. The highest BCUT2D eigenvalue weighted by Gasteiger charge is 2.33. The summed E-state index contributed by atoms with van der Waals surface area (Å²) in [5, 5.41) is 14.9. The van der Waals surface area contributed by atoms with Crippen LogP contribution in [-0.4, -0.2) is 16.4 Å². The van der Waals surface area contributed by atoms with Crippen LogP contribution >= 0.6 is 23.2 Å². The van der Waals surface area contributed by atoms with Crippen molar-refractivity contribution in [1.82, 2.24) is 4.98 Å². The molecule has 2 aromatic carbocycles. The first-order valence-corrected chi connectivity index (χ1v) is 9.52. The van der Waals surface area contributed by atoms with Crippen molar-refractivity contribution in [3.63, 3.8) is 0 Å². The summed E-state index contributed by atoms with van der Waals surface area (Å²) in [6.07, 6.45) is -4.35. The number of nitrogens with one attached hydrogen (secondary N) is 2. The molecular formula is C20H16Cl2F3N3O2. The summed E-state index contributed by atoms with van der Waals surface area (Å²) in [6.45, 7) is 0. The number of anilines is 2. The van der Waals surface area contributed by atoms with E-state index in [9.17, 15) is 18.3 Å². The number of pyridine rings is 1. The molecule has 0 bridgehead atoms. The summed E-state index contributed by atoms with van der Waals surface area (Å²) in [6, 6.07) is 13.3. The van der Waals surface area contributed by atoms with Gasteiger partial charge in [0.2, 0.25) is 6.35 Å². The standard InChI is InChI=1S/C20H16Cl2F3N3O2/c21-11-14-9-16(7-8-26-14)30-15-4-1-12(2-5-15)27-19(29)28-13-3-6-18(22)17(10-13)20(23,24)25/h1-10,19,27-29H,11H2. The predicted octanol–water partition coefficient (Wildman–Crippen LogP) is 6.08.